The van der Waals surface area contributed by atoms with Gasteiger partial charge in [-0.25, -0.2) is 0 Å². The lowest BCUT2D eigenvalue weighted by atomic mass is 9.68. The fourth-order valence-electron chi connectivity index (χ4n) is 4.06. The zero-order chi connectivity index (χ0) is 12.4. The van der Waals surface area contributed by atoms with Gasteiger partial charge in [-0.3, -0.25) is 9.98 Å². The monoisotopic (exact) mass is 358 g/mol. The molecule has 0 amide bonds. The molecule has 1 saturated carbocycles. The SMILES string of the molecule is IC1=NCC(CC2CC=NCC2)C2CCCCC12. The molecular formula is C15H23IN2. The Morgan fingerprint density at radius 1 is 1.22 bits per heavy atom. The lowest BCUT2D eigenvalue weighted by Crippen LogP contribution is -2.37. The zero-order valence-corrected chi connectivity index (χ0v) is 13.2. The number of halogens is 1. The molecule has 100 valence electrons. The summed E-state index contributed by atoms with van der Waals surface area (Å²) < 4.78 is 1.43. The van der Waals surface area contributed by atoms with Crippen LogP contribution in [0, 0.1) is 23.7 Å². The van der Waals surface area contributed by atoms with Crippen molar-refractivity contribution < 1.29 is 0 Å². The standard InChI is InChI=1S/C15H23IN2/c16-15-14-4-2-1-3-13(14)12(10-18-15)9-11-5-7-17-8-6-11/h7,11-14H,1-6,8-10H2. The maximum absolute atomic E-state index is 4.83. The first kappa shape index (κ1) is 13.1. The minimum atomic E-state index is 0.815. The highest BCUT2D eigenvalue weighted by Gasteiger charge is 2.37. The number of hydrogen-bond acceptors (Lipinski definition) is 2. The van der Waals surface area contributed by atoms with Gasteiger partial charge in [-0.05, 0) is 78.7 Å². The Labute approximate surface area is 124 Å². The van der Waals surface area contributed by atoms with E-state index in [-0.39, 0.29) is 0 Å². The molecule has 0 bridgehead atoms. The van der Waals surface area contributed by atoms with Crippen molar-refractivity contribution in [2.45, 2.75) is 44.9 Å². The van der Waals surface area contributed by atoms with Gasteiger partial charge in [-0.15, -0.1) is 0 Å². The first-order valence-electron chi connectivity index (χ1n) is 7.52. The number of hydrogen-bond donors (Lipinski definition) is 0. The third-order valence-corrected chi connectivity index (χ3v) is 6.22. The molecule has 3 aliphatic rings. The molecule has 0 N–H and O–H groups in total. The fourth-order valence-corrected chi connectivity index (χ4v) is 5.03. The van der Waals surface area contributed by atoms with Gasteiger partial charge >= 0.3 is 0 Å². The molecule has 0 saturated heterocycles. The molecule has 4 unspecified atom stereocenters. The molecule has 3 heteroatoms. The van der Waals surface area contributed by atoms with Crippen LogP contribution in [0.5, 0.6) is 0 Å². The fraction of sp³-hybridized carbons (Fsp3) is 0.867. The van der Waals surface area contributed by atoms with Crippen LogP contribution in [-0.2, 0) is 0 Å². The van der Waals surface area contributed by atoms with Gasteiger partial charge in [0.25, 0.3) is 0 Å². The van der Waals surface area contributed by atoms with E-state index in [1.54, 1.807) is 0 Å². The van der Waals surface area contributed by atoms with Crippen molar-refractivity contribution >= 4 is 32.5 Å². The molecule has 0 aromatic rings. The van der Waals surface area contributed by atoms with Crippen molar-refractivity contribution in [1.29, 1.82) is 0 Å². The van der Waals surface area contributed by atoms with Crippen LogP contribution in [0.3, 0.4) is 0 Å². The lowest BCUT2D eigenvalue weighted by molar-refractivity contribution is 0.172. The molecule has 1 aliphatic carbocycles. The number of rotatable bonds is 2. The Kier molecular flexibility index (Phi) is 4.37. The summed E-state index contributed by atoms with van der Waals surface area (Å²) in [6.45, 7) is 2.17. The van der Waals surface area contributed by atoms with E-state index in [1.165, 1.54) is 48.7 Å². The summed E-state index contributed by atoms with van der Waals surface area (Å²) in [5.41, 5.74) is 0. The van der Waals surface area contributed by atoms with Crippen LogP contribution in [0.1, 0.15) is 44.9 Å². The number of fused-ring (bicyclic) bond motifs is 1. The molecule has 4 atom stereocenters. The normalized spacial score (nSPS) is 40.2. The quantitative estimate of drug-likeness (QED) is 0.664. The smallest absolute Gasteiger partial charge is 0.0762 e. The molecule has 0 aromatic heterocycles. The largest absolute Gasteiger partial charge is 0.298 e. The Morgan fingerprint density at radius 2 is 2.11 bits per heavy atom. The topological polar surface area (TPSA) is 24.7 Å². The summed E-state index contributed by atoms with van der Waals surface area (Å²) >= 11 is 2.50. The lowest BCUT2D eigenvalue weighted by Gasteiger charge is -2.40. The third-order valence-electron chi connectivity index (χ3n) is 5.08. The average Bonchev–Trinajstić information content (AvgIpc) is 2.44. The molecule has 2 aliphatic heterocycles. The molecule has 0 aromatic carbocycles. The van der Waals surface area contributed by atoms with E-state index in [0.29, 0.717) is 0 Å². The minimum absolute atomic E-state index is 0.815. The highest BCUT2D eigenvalue weighted by Crippen LogP contribution is 2.43. The van der Waals surface area contributed by atoms with Gasteiger partial charge in [0.15, 0.2) is 0 Å². The van der Waals surface area contributed by atoms with E-state index < -0.39 is 0 Å². The van der Waals surface area contributed by atoms with Crippen molar-refractivity contribution in [2.75, 3.05) is 13.1 Å². The number of nitrogens with zero attached hydrogens (tertiary/aromatic N) is 2. The zero-order valence-electron chi connectivity index (χ0n) is 11.0. The summed E-state index contributed by atoms with van der Waals surface area (Å²) in [5.74, 6) is 3.52. The second-order valence-corrected chi connectivity index (χ2v) is 7.30. The summed E-state index contributed by atoms with van der Waals surface area (Å²) in [7, 11) is 0. The van der Waals surface area contributed by atoms with Crippen LogP contribution in [-0.4, -0.2) is 23.0 Å². The van der Waals surface area contributed by atoms with Crippen molar-refractivity contribution in [1.82, 2.24) is 0 Å². The molecule has 3 rings (SSSR count). The summed E-state index contributed by atoms with van der Waals surface area (Å²) in [4.78, 5) is 9.19. The summed E-state index contributed by atoms with van der Waals surface area (Å²) in [6, 6.07) is 0. The molecule has 2 nitrogen and oxygen atoms in total. The third kappa shape index (κ3) is 2.81. The van der Waals surface area contributed by atoms with Gasteiger partial charge in [0.05, 0.1) is 3.72 Å². The van der Waals surface area contributed by atoms with E-state index in [9.17, 15) is 0 Å². The van der Waals surface area contributed by atoms with Crippen LogP contribution in [0.4, 0.5) is 0 Å². The Morgan fingerprint density at radius 3 is 2.94 bits per heavy atom. The molecule has 0 radical (unpaired) electrons. The predicted molar refractivity (Wildman–Crippen MR) is 86.0 cm³/mol. The van der Waals surface area contributed by atoms with Crippen LogP contribution in [0.2, 0.25) is 0 Å². The Bertz CT molecular complexity index is 350. The van der Waals surface area contributed by atoms with Crippen LogP contribution in [0.15, 0.2) is 9.98 Å². The van der Waals surface area contributed by atoms with E-state index in [4.69, 9.17) is 4.99 Å². The first-order valence-corrected chi connectivity index (χ1v) is 8.60. The maximum Gasteiger partial charge on any atom is 0.0762 e. The van der Waals surface area contributed by atoms with Crippen molar-refractivity contribution in [3.8, 4) is 0 Å². The van der Waals surface area contributed by atoms with Gasteiger partial charge < -0.3 is 0 Å². The second-order valence-electron chi connectivity index (χ2n) is 6.19. The predicted octanol–water partition coefficient (Wildman–Crippen LogP) is 4.13. The van der Waals surface area contributed by atoms with Crippen LogP contribution < -0.4 is 0 Å². The van der Waals surface area contributed by atoms with Gasteiger partial charge in [-0.1, -0.05) is 12.8 Å². The van der Waals surface area contributed by atoms with Crippen molar-refractivity contribution in [2.24, 2.45) is 33.7 Å². The second kappa shape index (κ2) is 6.02. The number of aliphatic imine (C=N–C) groups is 2. The Balaban J connectivity index is 1.66. The van der Waals surface area contributed by atoms with Crippen LogP contribution >= 0.6 is 22.6 Å². The molecule has 18 heavy (non-hydrogen) atoms. The molecule has 1 fully saturated rings. The van der Waals surface area contributed by atoms with Crippen LogP contribution in [0.25, 0.3) is 0 Å². The molecular weight excluding hydrogens is 335 g/mol. The summed E-state index contributed by atoms with van der Waals surface area (Å²) in [6.07, 6.45) is 11.8. The van der Waals surface area contributed by atoms with E-state index in [1.807, 2.05) is 0 Å². The minimum Gasteiger partial charge on any atom is -0.298 e. The molecule has 0 spiro atoms. The van der Waals surface area contributed by atoms with E-state index >= 15 is 0 Å². The first-order chi connectivity index (χ1) is 8.84. The van der Waals surface area contributed by atoms with Gasteiger partial charge in [-0.2, -0.15) is 0 Å². The molecule has 2 heterocycles. The highest BCUT2D eigenvalue weighted by atomic mass is 127. The highest BCUT2D eigenvalue weighted by molar-refractivity contribution is 14.1. The van der Waals surface area contributed by atoms with Gasteiger partial charge in [0.1, 0.15) is 0 Å². The van der Waals surface area contributed by atoms with Gasteiger partial charge in [0, 0.05) is 19.0 Å². The Hall–Kier alpha value is 0.0700. The maximum atomic E-state index is 4.83. The average molecular weight is 358 g/mol. The van der Waals surface area contributed by atoms with E-state index in [0.717, 1.165) is 36.8 Å². The van der Waals surface area contributed by atoms with E-state index in [2.05, 4.69) is 33.8 Å². The van der Waals surface area contributed by atoms with Gasteiger partial charge in [0.2, 0.25) is 0 Å². The summed E-state index contributed by atoms with van der Waals surface area (Å²) in [5, 5.41) is 0. The van der Waals surface area contributed by atoms with Crippen molar-refractivity contribution in [3.63, 3.8) is 0 Å². The van der Waals surface area contributed by atoms with Crippen molar-refractivity contribution in [3.05, 3.63) is 0 Å².